The maximum Gasteiger partial charge on any atom is 0.324 e. The van der Waals surface area contributed by atoms with Gasteiger partial charge in [-0.25, -0.2) is 9.18 Å². The summed E-state index contributed by atoms with van der Waals surface area (Å²) in [4.78, 5) is 36.2. The molecule has 1 aromatic heterocycles. The Morgan fingerprint density at radius 2 is 1.83 bits per heavy atom. The zero-order valence-electron chi connectivity index (χ0n) is 12.5. The first-order valence-electron chi connectivity index (χ1n) is 7.23. The summed E-state index contributed by atoms with van der Waals surface area (Å²) in [5, 5.41) is 5.45. The van der Waals surface area contributed by atoms with E-state index in [4.69, 9.17) is 5.73 Å². The second-order valence-electron chi connectivity index (χ2n) is 5.37. The Balaban J connectivity index is 1.81. The van der Waals surface area contributed by atoms with Crippen LogP contribution in [0, 0.1) is 5.82 Å². The number of benzene rings is 1. The minimum Gasteiger partial charge on any atom is -0.365 e. The van der Waals surface area contributed by atoms with Crippen LogP contribution >= 0.6 is 11.3 Å². The van der Waals surface area contributed by atoms with Gasteiger partial charge in [0, 0.05) is 23.4 Å². The highest BCUT2D eigenvalue weighted by Crippen LogP contribution is 2.37. The monoisotopic (exact) mass is 347 g/mol. The summed E-state index contributed by atoms with van der Waals surface area (Å²) in [5.74, 6) is -0.950. The zero-order valence-corrected chi connectivity index (χ0v) is 13.3. The number of carbonyl (C=O) groups excluding carboxylic acids is 3. The molecule has 0 saturated carbocycles. The molecule has 1 aliphatic rings. The van der Waals surface area contributed by atoms with Crippen molar-refractivity contribution >= 4 is 39.7 Å². The summed E-state index contributed by atoms with van der Waals surface area (Å²) in [6.07, 6.45) is 1.07. The van der Waals surface area contributed by atoms with E-state index in [1.807, 2.05) is 0 Å². The number of nitrogens with two attached hydrogens (primary N) is 1. The van der Waals surface area contributed by atoms with Gasteiger partial charge in [-0.05, 0) is 36.2 Å². The Morgan fingerprint density at radius 1 is 1.12 bits per heavy atom. The Labute approximate surface area is 140 Å². The maximum absolute atomic E-state index is 12.9. The van der Waals surface area contributed by atoms with Crippen molar-refractivity contribution in [3.05, 3.63) is 46.1 Å². The number of nitrogens with one attached hydrogen (secondary N) is 2. The highest BCUT2D eigenvalue weighted by atomic mass is 32.1. The quantitative estimate of drug-likeness (QED) is 0.795. The molecule has 124 valence electrons. The van der Waals surface area contributed by atoms with Crippen molar-refractivity contribution in [3.8, 4) is 0 Å². The third-order valence-corrected chi connectivity index (χ3v) is 4.83. The predicted octanol–water partition coefficient (Wildman–Crippen LogP) is 2.69. The van der Waals surface area contributed by atoms with Crippen molar-refractivity contribution in [2.24, 2.45) is 5.73 Å². The van der Waals surface area contributed by atoms with Gasteiger partial charge in [-0.15, -0.1) is 11.3 Å². The molecule has 3 rings (SSSR count). The molecule has 4 N–H and O–H groups in total. The van der Waals surface area contributed by atoms with Crippen molar-refractivity contribution < 1.29 is 18.8 Å². The predicted molar refractivity (Wildman–Crippen MR) is 88.9 cm³/mol. The molecule has 0 radical (unpaired) electrons. The Morgan fingerprint density at radius 3 is 2.50 bits per heavy atom. The first-order chi connectivity index (χ1) is 11.4. The summed E-state index contributed by atoms with van der Waals surface area (Å²) < 4.78 is 12.9. The SMILES string of the molecule is NC(=O)c1c(NC(=O)Nc2ccc(F)cc2)sc2c1CCC(=O)C2. The number of fused-ring (bicyclic) bond motifs is 1. The van der Waals surface area contributed by atoms with Gasteiger partial charge in [0.1, 0.15) is 16.6 Å². The van der Waals surface area contributed by atoms with Crippen LogP contribution in [0.2, 0.25) is 0 Å². The van der Waals surface area contributed by atoms with Gasteiger partial charge < -0.3 is 11.1 Å². The minimum atomic E-state index is -0.640. The third-order valence-electron chi connectivity index (χ3n) is 3.68. The Hall–Kier alpha value is -2.74. The van der Waals surface area contributed by atoms with E-state index in [0.717, 1.165) is 10.4 Å². The van der Waals surface area contributed by atoms with Gasteiger partial charge in [-0.3, -0.25) is 14.9 Å². The number of ketones is 1. The number of Topliss-reactive ketones (excluding diaryl/α,β-unsaturated/α-hetero) is 1. The van der Waals surface area contributed by atoms with Gasteiger partial charge in [-0.1, -0.05) is 0 Å². The van der Waals surface area contributed by atoms with Crippen LogP contribution in [0.25, 0.3) is 0 Å². The van der Waals surface area contributed by atoms with Crippen LogP contribution in [-0.2, 0) is 17.6 Å². The number of primary amides is 1. The fourth-order valence-electron chi connectivity index (χ4n) is 2.60. The van der Waals surface area contributed by atoms with Gasteiger partial charge >= 0.3 is 6.03 Å². The van der Waals surface area contributed by atoms with Gasteiger partial charge in [-0.2, -0.15) is 0 Å². The standard InChI is InChI=1S/C16H14FN3O3S/c17-8-1-3-9(4-2-8)19-16(23)20-15-13(14(18)22)11-6-5-10(21)7-12(11)24-15/h1-4H,5-7H2,(H2,18,22)(H2,19,20,23). The summed E-state index contributed by atoms with van der Waals surface area (Å²) in [6.45, 7) is 0. The molecular formula is C16H14FN3O3S. The van der Waals surface area contributed by atoms with Crippen LogP contribution in [0.1, 0.15) is 27.2 Å². The molecule has 8 heteroatoms. The van der Waals surface area contributed by atoms with Gasteiger partial charge in [0.05, 0.1) is 5.56 Å². The summed E-state index contributed by atoms with van der Waals surface area (Å²) in [6, 6.07) is 4.71. The fraction of sp³-hybridized carbons (Fsp3) is 0.188. The molecular weight excluding hydrogens is 333 g/mol. The lowest BCUT2D eigenvalue weighted by Gasteiger charge is -2.10. The molecule has 1 heterocycles. The molecule has 3 amide bonds. The third kappa shape index (κ3) is 3.28. The number of hydrogen-bond acceptors (Lipinski definition) is 4. The molecule has 2 aromatic rings. The molecule has 1 aromatic carbocycles. The van der Waals surface area contributed by atoms with E-state index < -0.39 is 17.8 Å². The highest BCUT2D eigenvalue weighted by molar-refractivity contribution is 7.17. The molecule has 0 spiro atoms. The smallest absolute Gasteiger partial charge is 0.324 e. The van der Waals surface area contributed by atoms with Crippen molar-refractivity contribution in [3.63, 3.8) is 0 Å². The Bertz CT molecular complexity index is 830. The normalized spacial score (nSPS) is 13.3. The lowest BCUT2D eigenvalue weighted by molar-refractivity contribution is -0.118. The molecule has 24 heavy (non-hydrogen) atoms. The summed E-state index contributed by atoms with van der Waals surface area (Å²) in [5.41, 5.74) is 6.84. The first kappa shape index (κ1) is 16.1. The van der Waals surface area contributed by atoms with Crippen LogP contribution in [0.5, 0.6) is 0 Å². The van der Waals surface area contributed by atoms with Crippen LogP contribution in [0.15, 0.2) is 24.3 Å². The minimum absolute atomic E-state index is 0.0992. The average Bonchev–Trinajstić information content (AvgIpc) is 2.86. The highest BCUT2D eigenvalue weighted by Gasteiger charge is 2.27. The topological polar surface area (TPSA) is 101 Å². The summed E-state index contributed by atoms with van der Waals surface area (Å²) in [7, 11) is 0. The van der Waals surface area contributed by atoms with Crippen molar-refractivity contribution in [1.82, 2.24) is 0 Å². The number of thiophene rings is 1. The number of carbonyl (C=O) groups is 3. The van der Waals surface area contributed by atoms with E-state index in [9.17, 15) is 18.8 Å². The Kier molecular flexibility index (Phi) is 4.30. The van der Waals surface area contributed by atoms with E-state index in [0.29, 0.717) is 23.5 Å². The lowest BCUT2D eigenvalue weighted by atomic mass is 9.94. The molecule has 0 fully saturated rings. The molecule has 0 atom stereocenters. The second-order valence-corrected chi connectivity index (χ2v) is 6.48. The molecule has 0 unspecified atom stereocenters. The summed E-state index contributed by atoms with van der Waals surface area (Å²) >= 11 is 1.18. The largest absolute Gasteiger partial charge is 0.365 e. The average molecular weight is 347 g/mol. The molecule has 0 bridgehead atoms. The van der Waals surface area contributed by atoms with Gasteiger partial charge in [0.25, 0.3) is 5.91 Å². The molecule has 1 aliphatic carbocycles. The first-order valence-corrected chi connectivity index (χ1v) is 8.05. The van der Waals surface area contributed by atoms with Crippen molar-refractivity contribution in [2.75, 3.05) is 10.6 Å². The van der Waals surface area contributed by atoms with Crippen LogP contribution < -0.4 is 16.4 Å². The van der Waals surface area contributed by atoms with E-state index in [2.05, 4.69) is 10.6 Å². The maximum atomic E-state index is 12.9. The molecule has 0 saturated heterocycles. The second kappa shape index (κ2) is 6.40. The number of hydrogen-bond donors (Lipinski definition) is 3. The molecule has 0 aliphatic heterocycles. The van der Waals surface area contributed by atoms with E-state index in [-0.39, 0.29) is 17.8 Å². The van der Waals surface area contributed by atoms with Gasteiger partial charge in [0.15, 0.2) is 0 Å². The van der Waals surface area contributed by atoms with Crippen LogP contribution in [0.3, 0.4) is 0 Å². The number of halogens is 1. The molecule has 6 nitrogen and oxygen atoms in total. The van der Waals surface area contributed by atoms with Crippen LogP contribution in [0.4, 0.5) is 19.9 Å². The number of amides is 3. The van der Waals surface area contributed by atoms with Crippen LogP contribution in [-0.4, -0.2) is 17.7 Å². The van der Waals surface area contributed by atoms with E-state index in [1.54, 1.807) is 0 Å². The van der Waals surface area contributed by atoms with Crippen molar-refractivity contribution in [1.29, 1.82) is 0 Å². The van der Waals surface area contributed by atoms with Gasteiger partial charge in [0.2, 0.25) is 0 Å². The van der Waals surface area contributed by atoms with E-state index >= 15 is 0 Å². The van der Waals surface area contributed by atoms with E-state index in [1.165, 1.54) is 35.6 Å². The lowest BCUT2D eigenvalue weighted by Crippen LogP contribution is -2.22. The fourth-order valence-corrected chi connectivity index (χ4v) is 3.88. The number of rotatable bonds is 3. The van der Waals surface area contributed by atoms with Crippen molar-refractivity contribution in [2.45, 2.75) is 19.3 Å². The zero-order chi connectivity index (χ0) is 17.3. The number of urea groups is 1. The number of anilines is 2.